The summed E-state index contributed by atoms with van der Waals surface area (Å²) in [7, 11) is 1.25. The minimum absolute atomic E-state index is 0.00337. The molecule has 1 aromatic rings. The van der Waals surface area contributed by atoms with E-state index in [1.165, 1.54) is 13.2 Å². The molecule has 4 amide bonds. The van der Waals surface area contributed by atoms with Crippen molar-refractivity contribution in [3.63, 3.8) is 0 Å². The summed E-state index contributed by atoms with van der Waals surface area (Å²) in [5.74, 6) is -1.65. The Kier molecular flexibility index (Phi) is 23.5. The third-order valence-corrected chi connectivity index (χ3v) is 7.95. The van der Waals surface area contributed by atoms with Gasteiger partial charge < -0.3 is 45.3 Å². The number of phenols is 1. The van der Waals surface area contributed by atoms with E-state index in [1.807, 2.05) is 20.8 Å². The number of benzene rings is 1. The van der Waals surface area contributed by atoms with Crippen molar-refractivity contribution in [3.05, 3.63) is 34.3 Å². The van der Waals surface area contributed by atoms with Gasteiger partial charge in [0, 0.05) is 25.2 Å². The smallest absolute Gasteiger partial charge is 0.407 e. The predicted molar refractivity (Wildman–Crippen MR) is 198 cm³/mol. The number of aromatic hydroxyl groups is 1. The van der Waals surface area contributed by atoms with E-state index in [0.29, 0.717) is 12.8 Å². The topological polar surface area (TPSA) is 225 Å². The molecule has 0 aromatic heterocycles. The van der Waals surface area contributed by atoms with Crippen LogP contribution in [0, 0.1) is 11.3 Å². The fourth-order valence-corrected chi connectivity index (χ4v) is 4.53. The summed E-state index contributed by atoms with van der Waals surface area (Å²) in [5.41, 5.74) is 0.484. The number of hydrogen-bond donors (Lipinski definition) is 5. The molecule has 2 atom stereocenters. The standard InChI is InChI=1S/C35H55BrN4O10.CO2/c1-23(34(2,3)4)19-25(39-33(46)50-35(5,6)7)20-24-9-10-28(41)27(21-24)40-29(42)12-15-48-17-18-49-16-14-37-30(43)22-26(36)32(45)38-13-11-31(44)47-8;2-1-3/h9-10,21-23,25,41H,11-20H2,1-8H3,(H,37,43)(H,38,45)(H,39,46)(H,40,42);/b26-22+;/t23?,25-;/m1./s1. The number of carbonyl (C=O) groups is 5. The number of carbonyl (C=O) groups excluding carboxylic acids is 7. The van der Waals surface area contributed by atoms with Crippen LogP contribution >= 0.6 is 15.9 Å². The van der Waals surface area contributed by atoms with Gasteiger partial charge in [-0.2, -0.15) is 9.59 Å². The van der Waals surface area contributed by atoms with Crippen molar-refractivity contribution in [1.29, 1.82) is 0 Å². The van der Waals surface area contributed by atoms with Gasteiger partial charge >= 0.3 is 18.2 Å². The van der Waals surface area contributed by atoms with Crippen LogP contribution in [0.4, 0.5) is 10.5 Å². The van der Waals surface area contributed by atoms with E-state index in [0.717, 1.165) is 11.6 Å². The monoisotopic (exact) mass is 814 g/mol. The van der Waals surface area contributed by atoms with Crippen molar-refractivity contribution in [2.24, 2.45) is 11.3 Å². The second-order valence-electron chi connectivity index (χ2n) is 13.9. The number of halogens is 1. The van der Waals surface area contributed by atoms with E-state index in [4.69, 9.17) is 23.8 Å². The Hall–Kier alpha value is -4.31. The Labute approximate surface area is 319 Å². The average Bonchev–Trinajstić information content (AvgIpc) is 3.04. The first-order valence-electron chi connectivity index (χ1n) is 17.0. The highest BCUT2D eigenvalue weighted by Crippen LogP contribution is 2.31. The summed E-state index contributed by atoms with van der Waals surface area (Å²) >= 11 is 3.02. The van der Waals surface area contributed by atoms with E-state index in [1.54, 1.807) is 12.1 Å². The predicted octanol–water partition coefficient (Wildman–Crippen LogP) is 3.75. The average molecular weight is 816 g/mol. The normalized spacial score (nSPS) is 12.5. The number of ether oxygens (including phenoxy) is 4. The zero-order valence-electron chi connectivity index (χ0n) is 31.9. The minimum atomic E-state index is -0.633. The molecule has 0 bridgehead atoms. The maximum atomic E-state index is 12.6. The fraction of sp³-hybridized carbons (Fsp3) is 0.611. The van der Waals surface area contributed by atoms with Gasteiger partial charge in [-0.15, -0.1) is 0 Å². The molecule has 16 nitrogen and oxygen atoms in total. The zero-order valence-corrected chi connectivity index (χ0v) is 33.4. The molecule has 0 radical (unpaired) electrons. The third-order valence-electron chi connectivity index (χ3n) is 7.36. The van der Waals surface area contributed by atoms with Crippen LogP contribution in [0.15, 0.2) is 28.8 Å². The number of rotatable bonds is 20. The minimum Gasteiger partial charge on any atom is -0.506 e. The number of nitrogens with one attached hydrogen (secondary N) is 4. The molecule has 298 valence electrons. The Balaban J connectivity index is 0.00000869. The van der Waals surface area contributed by atoms with Crippen LogP contribution in [0.2, 0.25) is 0 Å². The highest BCUT2D eigenvalue weighted by atomic mass is 79.9. The third kappa shape index (κ3) is 24.5. The summed E-state index contributed by atoms with van der Waals surface area (Å²) in [6.07, 6.45) is 2.07. The highest BCUT2D eigenvalue weighted by Gasteiger charge is 2.27. The lowest BCUT2D eigenvalue weighted by Crippen LogP contribution is -2.42. The molecule has 0 aliphatic rings. The Morgan fingerprint density at radius 2 is 1.55 bits per heavy atom. The molecule has 0 saturated carbocycles. The van der Waals surface area contributed by atoms with Gasteiger partial charge in [0.25, 0.3) is 5.91 Å². The molecule has 17 heteroatoms. The van der Waals surface area contributed by atoms with Crippen LogP contribution in [0.1, 0.15) is 73.3 Å². The zero-order chi connectivity index (χ0) is 40.6. The summed E-state index contributed by atoms with van der Waals surface area (Å²) in [6.45, 7) is 15.1. The second kappa shape index (κ2) is 25.6. The number of methoxy groups -OCH3 is 1. The molecule has 0 saturated heterocycles. The summed E-state index contributed by atoms with van der Waals surface area (Å²) in [4.78, 5) is 76.4. The number of amides is 4. The first-order chi connectivity index (χ1) is 24.7. The molecule has 0 spiro atoms. The molecule has 0 heterocycles. The summed E-state index contributed by atoms with van der Waals surface area (Å²) in [6, 6.07) is 4.74. The van der Waals surface area contributed by atoms with Crippen LogP contribution < -0.4 is 21.3 Å². The quantitative estimate of drug-likeness (QED) is 0.0550. The molecule has 1 unspecified atom stereocenters. The lowest BCUT2D eigenvalue weighted by molar-refractivity contribution is -0.191. The van der Waals surface area contributed by atoms with Crippen LogP contribution in [0.5, 0.6) is 5.75 Å². The van der Waals surface area contributed by atoms with E-state index in [2.05, 4.69) is 69.6 Å². The van der Waals surface area contributed by atoms with Crippen LogP contribution in [0.25, 0.3) is 0 Å². The first-order valence-corrected chi connectivity index (χ1v) is 17.8. The molecular formula is C36H55BrN4O12. The summed E-state index contributed by atoms with van der Waals surface area (Å²) < 4.78 is 20.9. The van der Waals surface area contributed by atoms with Gasteiger partial charge in [-0.05, 0) is 78.6 Å². The van der Waals surface area contributed by atoms with E-state index < -0.39 is 29.5 Å². The summed E-state index contributed by atoms with van der Waals surface area (Å²) in [5, 5.41) is 21.2. The Bertz CT molecular complexity index is 1400. The van der Waals surface area contributed by atoms with Gasteiger partial charge in [0.1, 0.15) is 11.4 Å². The molecule has 0 aliphatic heterocycles. The Morgan fingerprint density at radius 1 is 0.925 bits per heavy atom. The van der Waals surface area contributed by atoms with Crippen LogP contribution in [-0.2, 0) is 54.1 Å². The maximum Gasteiger partial charge on any atom is 0.407 e. The van der Waals surface area contributed by atoms with E-state index >= 15 is 0 Å². The Morgan fingerprint density at radius 3 is 2.13 bits per heavy atom. The SMILES string of the molecule is COC(=O)CCNC(=O)/C(Br)=C\C(=O)NCCOCCOCCC(=O)Nc1cc(C[C@@H](CC(C)C(C)(C)C)NC(=O)OC(C)(C)C)ccc1O.O=C=O. The van der Waals surface area contributed by atoms with E-state index in [-0.39, 0.29) is 97.7 Å². The maximum absolute atomic E-state index is 12.6. The van der Waals surface area contributed by atoms with Gasteiger partial charge in [0.05, 0.1) is 56.5 Å². The van der Waals surface area contributed by atoms with Crippen LogP contribution in [-0.4, -0.2) is 99.3 Å². The van der Waals surface area contributed by atoms with Crippen molar-refractivity contribution < 1.29 is 57.6 Å². The van der Waals surface area contributed by atoms with Crippen molar-refractivity contribution in [2.45, 2.75) is 85.8 Å². The highest BCUT2D eigenvalue weighted by molar-refractivity contribution is 9.12. The van der Waals surface area contributed by atoms with Crippen molar-refractivity contribution in [3.8, 4) is 5.75 Å². The molecule has 5 N–H and O–H groups in total. The molecule has 1 aromatic carbocycles. The van der Waals surface area contributed by atoms with Gasteiger partial charge in [-0.1, -0.05) is 33.8 Å². The molecule has 53 heavy (non-hydrogen) atoms. The largest absolute Gasteiger partial charge is 0.506 e. The van der Waals surface area contributed by atoms with Crippen LogP contribution in [0.3, 0.4) is 0 Å². The number of hydrogen-bond acceptors (Lipinski definition) is 12. The number of esters is 1. The van der Waals surface area contributed by atoms with E-state index in [9.17, 15) is 29.1 Å². The van der Waals surface area contributed by atoms with Gasteiger partial charge in [0.2, 0.25) is 11.8 Å². The fourth-order valence-electron chi connectivity index (χ4n) is 4.18. The van der Waals surface area contributed by atoms with Gasteiger partial charge in [-0.25, -0.2) is 4.79 Å². The second-order valence-corrected chi connectivity index (χ2v) is 14.7. The van der Waals surface area contributed by atoms with Crippen molar-refractivity contribution >= 4 is 57.6 Å². The molecule has 0 fully saturated rings. The lowest BCUT2D eigenvalue weighted by atomic mass is 9.78. The van der Waals surface area contributed by atoms with Gasteiger partial charge in [-0.3, -0.25) is 19.2 Å². The van der Waals surface area contributed by atoms with Crippen molar-refractivity contribution in [1.82, 2.24) is 16.0 Å². The molecule has 1 rings (SSSR count). The van der Waals surface area contributed by atoms with Gasteiger partial charge in [0.15, 0.2) is 0 Å². The first kappa shape index (κ1) is 48.7. The number of alkyl carbamates (subject to hydrolysis) is 1. The lowest BCUT2D eigenvalue weighted by Gasteiger charge is -2.32. The number of anilines is 1. The molecular weight excluding hydrogens is 760 g/mol. The van der Waals surface area contributed by atoms with Crippen molar-refractivity contribution in [2.75, 3.05) is 51.9 Å². The number of phenolic OH excluding ortho intramolecular Hbond substituents is 1. The molecule has 0 aliphatic carbocycles.